The molecule has 16 heavy (non-hydrogen) atoms. The highest BCUT2D eigenvalue weighted by molar-refractivity contribution is 7.80. The van der Waals surface area contributed by atoms with E-state index in [1.165, 1.54) is 0 Å². The lowest BCUT2D eigenvalue weighted by atomic mass is 10.0. The van der Waals surface area contributed by atoms with Crippen LogP contribution in [0.3, 0.4) is 0 Å². The summed E-state index contributed by atoms with van der Waals surface area (Å²) in [6.07, 6.45) is 1.90. The van der Waals surface area contributed by atoms with Gasteiger partial charge < -0.3 is 4.74 Å². The predicted molar refractivity (Wildman–Crippen MR) is 69.5 cm³/mol. The number of ether oxygens (including phenoxy) is 1. The molecule has 1 aromatic rings. The van der Waals surface area contributed by atoms with Crippen molar-refractivity contribution in [2.75, 3.05) is 12.9 Å². The molecule has 0 heterocycles. The Labute approximate surface area is 102 Å². The van der Waals surface area contributed by atoms with Crippen molar-refractivity contribution in [1.82, 2.24) is 0 Å². The van der Waals surface area contributed by atoms with Gasteiger partial charge in [0.1, 0.15) is 11.5 Å². The SMILES string of the molecule is COc1cccc(C)c1CC(=O)CCCS. The Morgan fingerprint density at radius 3 is 2.81 bits per heavy atom. The lowest BCUT2D eigenvalue weighted by Crippen LogP contribution is -2.06. The van der Waals surface area contributed by atoms with Crippen LogP contribution in [0.1, 0.15) is 24.0 Å². The first-order valence-electron chi connectivity index (χ1n) is 5.44. The number of hydrogen-bond donors (Lipinski definition) is 1. The Kier molecular flexibility index (Phi) is 5.39. The summed E-state index contributed by atoms with van der Waals surface area (Å²) in [6, 6.07) is 5.84. The van der Waals surface area contributed by atoms with E-state index >= 15 is 0 Å². The van der Waals surface area contributed by atoms with Crippen LogP contribution < -0.4 is 4.74 Å². The van der Waals surface area contributed by atoms with Crippen molar-refractivity contribution in [3.05, 3.63) is 29.3 Å². The third-order valence-electron chi connectivity index (χ3n) is 2.57. The highest BCUT2D eigenvalue weighted by Crippen LogP contribution is 2.22. The topological polar surface area (TPSA) is 26.3 Å². The average molecular weight is 238 g/mol. The summed E-state index contributed by atoms with van der Waals surface area (Å²) in [5.41, 5.74) is 2.12. The zero-order chi connectivity index (χ0) is 12.0. The van der Waals surface area contributed by atoms with Gasteiger partial charge in [0.2, 0.25) is 0 Å². The molecule has 0 fully saturated rings. The smallest absolute Gasteiger partial charge is 0.137 e. The first-order valence-corrected chi connectivity index (χ1v) is 6.07. The summed E-state index contributed by atoms with van der Waals surface area (Å²) in [7, 11) is 1.64. The van der Waals surface area contributed by atoms with Gasteiger partial charge in [-0.25, -0.2) is 0 Å². The van der Waals surface area contributed by atoms with Crippen LogP contribution in [0, 0.1) is 6.92 Å². The Balaban J connectivity index is 2.75. The standard InChI is InChI=1S/C13H18O2S/c1-10-5-3-7-13(15-2)12(10)9-11(14)6-4-8-16/h3,5,7,16H,4,6,8-9H2,1-2H3. The van der Waals surface area contributed by atoms with E-state index in [0.717, 1.165) is 29.1 Å². The van der Waals surface area contributed by atoms with E-state index in [4.69, 9.17) is 4.74 Å². The Morgan fingerprint density at radius 1 is 1.44 bits per heavy atom. The lowest BCUT2D eigenvalue weighted by Gasteiger charge is -2.10. The zero-order valence-corrected chi connectivity index (χ0v) is 10.7. The molecule has 3 heteroatoms. The molecule has 2 nitrogen and oxygen atoms in total. The molecule has 0 aliphatic carbocycles. The van der Waals surface area contributed by atoms with Gasteiger partial charge in [-0.1, -0.05) is 12.1 Å². The maximum Gasteiger partial charge on any atom is 0.137 e. The number of hydrogen-bond acceptors (Lipinski definition) is 3. The van der Waals surface area contributed by atoms with Crippen LogP contribution >= 0.6 is 12.6 Å². The van der Waals surface area contributed by atoms with Crippen molar-refractivity contribution in [3.8, 4) is 5.75 Å². The van der Waals surface area contributed by atoms with Gasteiger partial charge in [-0.3, -0.25) is 4.79 Å². The molecule has 0 bridgehead atoms. The molecule has 0 saturated carbocycles. The normalized spacial score (nSPS) is 10.2. The molecule has 0 aliphatic rings. The second kappa shape index (κ2) is 6.59. The molecule has 0 aliphatic heterocycles. The first-order chi connectivity index (χ1) is 7.69. The summed E-state index contributed by atoms with van der Waals surface area (Å²) in [6.45, 7) is 2.00. The van der Waals surface area contributed by atoms with Gasteiger partial charge in [0.15, 0.2) is 0 Å². The van der Waals surface area contributed by atoms with Crippen molar-refractivity contribution >= 4 is 18.4 Å². The molecule has 0 unspecified atom stereocenters. The van der Waals surface area contributed by atoms with Crippen molar-refractivity contribution in [3.63, 3.8) is 0 Å². The number of benzene rings is 1. The fourth-order valence-electron chi connectivity index (χ4n) is 1.65. The van der Waals surface area contributed by atoms with Crippen LogP contribution in [0.2, 0.25) is 0 Å². The highest BCUT2D eigenvalue weighted by atomic mass is 32.1. The molecular formula is C13H18O2S. The monoisotopic (exact) mass is 238 g/mol. The largest absolute Gasteiger partial charge is 0.496 e. The molecule has 0 radical (unpaired) electrons. The minimum atomic E-state index is 0.252. The zero-order valence-electron chi connectivity index (χ0n) is 9.82. The highest BCUT2D eigenvalue weighted by Gasteiger charge is 2.10. The van der Waals surface area contributed by atoms with Crippen molar-refractivity contribution in [1.29, 1.82) is 0 Å². The molecule has 0 N–H and O–H groups in total. The van der Waals surface area contributed by atoms with Gasteiger partial charge in [-0.15, -0.1) is 0 Å². The second-order valence-corrected chi connectivity index (χ2v) is 4.25. The summed E-state index contributed by atoms with van der Waals surface area (Å²) >= 11 is 4.10. The number of ketones is 1. The minimum Gasteiger partial charge on any atom is -0.496 e. The van der Waals surface area contributed by atoms with E-state index in [1.54, 1.807) is 7.11 Å². The number of carbonyl (C=O) groups excluding carboxylic acids is 1. The van der Waals surface area contributed by atoms with Gasteiger partial charge in [-0.05, 0) is 30.7 Å². The van der Waals surface area contributed by atoms with E-state index in [-0.39, 0.29) is 5.78 Å². The minimum absolute atomic E-state index is 0.252. The van der Waals surface area contributed by atoms with Crippen LogP contribution in [0.15, 0.2) is 18.2 Å². The fraction of sp³-hybridized carbons (Fsp3) is 0.462. The molecule has 0 aromatic heterocycles. The Morgan fingerprint density at radius 2 is 2.19 bits per heavy atom. The van der Waals surface area contributed by atoms with Crippen LogP contribution in [-0.2, 0) is 11.2 Å². The maximum absolute atomic E-state index is 11.7. The lowest BCUT2D eigenvalue weighted by molar-refractivity contribution is -0.118. The number of thiol groups is 1. The maximum atomic E-state index is 11.7. The molecule has 1 aromatic carbocycles. The second-order valence-electron chi connectivity index (χ2n) is 3.80. The quantitative estimate of drug-likeness (QED) is 0.771. The number of rotatable bonds is 6. The molecule has 0 atom stereocenters. The molecule has 0 saturated heterocycles. The van der Waals surface area contributed by atoms with Crippen molar-refractivity contribution < 1.29 is 9.53 Å². The van der Waals surface area contributed by atoms with E-state index in [1.807, 2.05) is 25.1 Å². The van der Waals surface area contributed by atoms with E-state index < -0.39 is 0 Å². The van der Waals surface area contributed by atoms with Crippen LogP contribution in [-0.4, -0.2) is 18.6 Å². The average Bonchev–Trinajstić information content (AvgIpc) is 2.29. The molecule has 0 amide bonds. The summed E-state index contributed by atoms with van der Waals surface area (Å²) in [5.74, 6) is 1.82. The Bertz CT molecular complexity index is 361. The summed E-state index contributed by atoms with van der Waals surface area (Å²) in [4.78, 5) is 11.7. The van der Waals surface area contributed by atoms with Crippen molar-refractivity contribution in [2.24, 2.45) is 0 Å². The van der Waals surface area contributed by atoms with Gasteiger partial charge in [0, 0.05) is 18.4 Å². The Hall–Kier alpha value is -0.960. The van der Waals surface area contributed by atoms with Gasteiger partial charge in [0.25, 0.3) is 0 Å². The van der Waals surface area contributed by atoms with Crippen LogP contribution in [0.5, 0.6) is 5.75 Å². The predicted octanol–water partition coefficient (Wildman–Crippen LogP) is 2.83. The fourth-order valence-corrected chi connectivity index (χ4v) is 1.81. The van der Waals surface area contributed by atoms with Crippen LogP contribution in [0.25, 0.3) is 0 Å². The number of Topliss-reactive ketones (excluding diaryl/α,β-unsaturated/α-hetero) is 1. The summed E-state index contributed by atoms with van der Waals surface area (Å²) < 4.78 is 5.26. The molecule has 88 valence electrons. The third kappa shape index (κ3) is 3.56. The molecule has 1 rings (SSSR count). The van der Waals surface area contributed by atoms with Gasteiger partial charge in [0.05, 0.1) is 7.11 Å². The summed E-state index contributed by atoms with van der Waals surface area (Å²) in [5, 5.41) is 0. The molecular weight excluding hydrogens is 220 g/mol. The van der Waals surface area contributed by atoms with Gasteiger partial charge in [-0.2, -0.15) is 12.6 Å². The number of methoxy groups -OCH3 is 1. The van der Waals surface area contributed by atoms with E-state index in [9.17, 15) is 4.79 Å². The van der Waals surface area contributed by atoms with Crippen LogP contribution in [0.4, 0.5) is 0 Å². The first kappa shape index (κ1) is 13.1. The number of carbonyl (C=O) groups is 1. The number of aryl methyl sites for hydroxylation is 1. The van der Waals surface area contributed by atoms with E-state index in [0.29, 0.717) is 12.8 Å². The van der Waals surface area contributed by atoms with Crippen molar-refractivity contribution in [2.45, 2.75) is 26.2 Å². The van der Waals surface area contributed by atoms with E-state index in [2.05, 4.69) is 12.6 Å². The third-order valence-corrected chi connectivity index (χ3v) is 2.89. The van der Waals surface area contributed by atoms with Gasteiger partial charge >= 0.3 is 0 Å². The molecule has 0 spiro atoms.